The van der Waals surface area contributed by atoms with Crippen molar-refractivity contribution in [2.24, 2.45) is 0 Å². The summed E-state index contributed by atoms with van der Waals surface area (Å²) in [5.74, 6) is 0. The van der Waals surface area contributed by atoms with Crippen molar-refractivity contribution in [1.82, 2.24) is 9.13 Å². The zero-order valence-corrected chi connectivity index (χ0v) is 11.0. The van der Waals surface area contributed by atoms with Crippen LogP contribution in [0, 0.1) is 0 Å². The Morgan fingerprint density at radius 2 is 2.00 bits per heavy atom. The number of unbranched alkanes of at least 4 members (excludes halogenated alkanes) is 1. The zero-order valence-electron chi connectivity index (χ0n) is 11.0. The topological polar surface area (TPSA) is 79.2 Å². The van der Waals surface area contributed by atoms with Crippen molar-refractivity contribution in [3.63, 3.8) is 0 Å². The predicted octanol–water partition coefficient (Wildman–Crippen LogP) is 0.429. The maximum Gasteiger partial charge on any atom is 0.331 e. The van der Waals surface area contributed by atoms with Gasteiger partial charge in [0.25, 0.3) is 5.56 Å². The third-order valence-corrected chi connectivity index (χ3v) is 2.71. The molecule has 102 valence electrons. The quantitative estimate of drug-likeness (QED) is 0.716. The standard InChI is InChI=1S/C12H21N3O3/c1-3-5-7-18-8-6-15-11(16)10(13)9-14(4-2)12(15)17/h9H,3-8,13H2,1-2H3. The van der Waals surface area contributed by atoms with Gasteiger partial charge in [0.15, 0.2) is 0 Å². The van der Waals surface area contributed by atoms with Gasteiger partial charge >= 0.3 is 5.69 Å². The molecule has 0 aliphatic heterocycles. The SMILES string of the molecule is CCCCOCCn1c(=O)c(N)cn(CC)c1=O. The number of aryl methyl sites for hydroxylation is 1. The summed E-state index contributed by atoms with van der Waals surface area (Å²) in [6.45, 7) is 5.63. The average molecular weight is 255 g/mol. The summed E-state index contributed by atoms with van der Waals surface area (Å²) in [5.41, 5.74) is 4.89. The molecule has 0 radical (unpaired) electrons. The van der Waals surface area contributed by atoms with Crippen LogP contribution in [-0.4, -0.2) is 22.3 Å². The van der Waals surface area contributed by atoms with E-state index in [0.29, 0.717) is 19.8 Å². The summed E-state index contributed by atoms with van der Waals surface area (Å²) >= 11 is 0. The summed E-state index contributed by atoms with van der Waals surface area (Å²) < 4.78 is 7.90. The molecular formula is C12H21N3O3. The van der Waals surface area contributed by atoms with E-state index in [9.17, 15) is 9.59 Å². The maximum atomic E-state index is 11.9. The molecule has 0 atom stereocenters. The number of nitrogens with two attached hydrogens (primary N) is 1. The molecule has 6 heteroatoms. The molecule has 1 rings (SSSR count). The van der Waals surface area contributed by atoms with Crippen LogP contribution >= 0.6 is 0 Å². The van der Waals surface area contributed by atoms with Crippen molar-refractivity contribution >= 4 is 5.69 Å². The van der Waals surface area contributed by atoms with Gasteiger partial charge in [-0.25, -0.2) is 4.79 Å². The van der Waals surface area contributed by atoms with Crippen LogP contribution in [0.25, 0.3) is 0 Å². The lowest BCUT2D eigenvalue weighted by Crippen LogP contribution is -2.41. The minimum Gasteiger partial charge on any atom is -0.393 e. The number of nitrogens with zero attached hydrogens (tertiary/aromatic N) is 2. The lowest BCUT2D eigenvalue weighted by molar-refractivity contribution is 0.121. The molecule has 1 aromatic rings. The fourth-order valence-corrected chi connectivity index (χ4v) is 1.60. The molecule has 0 aliphatic carbocycles. The van der Waals surface area contributed by atoms with Gasteiger partial charge in [0.2, 0.25) is 0 Å². The maximum absolute atomic E-state index is 11.9. The Kier molecular flexibility index (Phi) is 5.64. The van der Waals surface area contributed by atoms with Crippen molar-refractivity contribution in [3.05, 3.63) is 27.0 Å². The van der Waals surface area contributed by atoms with E-state index in [4.69, 9.17) is 10.5 Å². The molecule has 0 fully saturated rings. The Balaban J connectivity index is 2.79. The number of ether oxygens (including phenoxy) is 1. The molecule has 0 bridgehead atoms. The lowest BCUT2D eigenvalue weighted by atomic mass is 10.4. The van der Waals surface area contributed by atoms with Crippen molar-refractivity contribution in [2.75, 3.05) is 18.9 Å². The third kappa shape index (κ3) is 3.46. The van der Waals surface area contributed by atoms with Gasteiger partial charge < -0.3 is 10.5 Å². The Labute approximate surface area is 106 Å². The molecule has 0 aliphatic rings. The molecule has 18 heavy (non-hydrogen) atoms. The van der Waals surface area contributed by atoms with E-state index in [0.717, 1.165) is 17.4 Å². The van der Waals surface area contributed by atoms with E-state index < -0.39 is 5.56 Å². The van der Waals surface area contributed by atoms with Crippen molar-refractivity contribution in [2.45, 2.75) is 39.8 Å². The minimum absolute atomic E-state index is 0.0880. The highest BCUT2D eigenvalue weighted by Gasteiger charge is 2.07. The van der Waals surface area contributed by atoms with Crippen LogP contribution in [0.1, 0.15) is 26.7 Å². The van der Waals surface area contributed by atoms with E-state index in [1.54, 1.807) is 0 Å². The molecule has 0 aromatic carbocycles. The molecule has 6 nitrogen and oxygen atoms in total. The van der Waals surface area contributed by atoms with Gasteiger partial charge in [-0.15, -0.1) is 0 Å². The van der Waals surface area contributed by atoms with Gasteiger partial charge in [0.1, 0.15) is 5.69 Å². The number of nitrogen functional groups attached to an aromatic ring is 1. The van der Waals surface area contributed by atoms with Gasteiger partial charge in [0.05, 0.1) is 13.2 Å². The molecule has 0 unspecified atom stereocenters. The van der Waals surface area contributed by atoms with Gasteiger partial charge in [-0.2, -0.15) is 0 Å². The van der Waals surface area contributed by atoms with Crippen molar-refractivity contribution in [1.29, 1.82) is 0 Å². The molecule has 1 heterocycles. The largest absolute Gasteiger partial charge is 0.393 e. The number of hydrogen-bond acceptors (Lipinski definition) is 4. The average Bonchev–Trinajstić information content (AvgIpc) is 2.37. The normalized spacial score (nSPS) is 10.8. The summed E-state index contributed by atoms with van der Waals surface area (Å²) in [4.78, 5) is 23.7. The summed E-state index contributed by atoms with van der Waals surface area (Å²) in [7, 11) is 0. The summed E-state index contributed by atoms with van der Waals surface area (Å²) in [5, 5.41) is 0. The highest BCUT2D eigenvalue weighted by Crippen LogP contribution is 1.91. The number of anilines is 1. The lowest BCUT2D eigenvalue weighted by Gasteiger charge is -2.10. The van der Waals surface area contributed by atoms with E-state index in [1.807, 2.05) is 6.92 Å². The Hall–Kier alpha value is -1.56. The molecular weight excluding hydrogens is 234 g/mol. The highest BCUT2D eigenvalue weighted by molar-refractivity contribution is 5.30. The van der Waals surface area contributed by atoms with Crippen LogP contribution in [0.2, 0.25) is 0 Å². The number of rotatable bonds is 7. The number of hydrogen-bond donors (Lipinski definition) is 1. The van der Waals surface area contributed by atoms with E-state index in [-0.39, 0.29) is 17.9 Å². The second kappa shape index (κ2) is 7.00. The Morgan fingerprint density at radius 3 is 2.61 bits per heavy atom. The fraction of sp³-hybridized carbons (Fsp3) is 0.667. The third-order valence-electron chi connectivity index (χ3n) is 2.71. The smallest absolute Gasteiger partial charge is 0.331 e. The van der Waals surface area contributed by atoms with Crippen LogP contribution in [0.5, 0.6) is 0 Å². The second-order valence-corrected chi connectivity index (χ2v) is 4.08. The number of aromatic nitrogens is 2. The van der Waals surface area contributed by atoms with Gasteiger partial charge in [-0.3, -0.25) is 13.9 Å². The van der Waals surface area contributed by atoms with Crippen LogP contribution in [0.15, 0.2) is 15.8 Å². The monoisotopic (exact) mass is 255 g/mol. The first kappa shape index (κ1) is 14.5. The molecule has 1 aromatic heterocycles. The summed E-state index contributed by atoms with van der Waals surface area (Å²) in [6, 6.07) is 0. The molecule has 0 spiro atoms. The Bertz CT molecular complexity index is 490. The van der Waals surface area contributed by atoms with Gasteiger partial charge in [-0.05, 0) is 13.3 Å². The van der Waals surface area contributed by atoms with Crippen LogP contribution in [0.3, 0.4) is 0 Å². The van der Waals surface area contributed by atoms with E-state index in [2.05, 4.69) is 6.92 Å². The molecule has 0 amide bonds. The summed E-state index contributed by atoms with van der Waals surface area (Å²) in [6.07, 6.45) is 3.42. The molecule has 0 saturated heterocycles. The van der Waals surface area contributed by atoms with Crippen molar-refractivity contribution in [3.8, 4) is 0 Å². The fourth-order valence-electron chi connectivity index (χ4n) is 1.60. The zero-order chi connectivity index (χ0) is 13.5. The van der Waals surface area contributed by atoms with Crippen LogP contribution < -0.4 is 17.0 Å². The van der Waals surface area contributed by atoms with Gasteiger partial charge in [-0.1, -0.05) is 13.3 Å². The predicted molar refractivity (Wildman–Crippen MR) is 70.8 cm³/mol. The molecule has 2 N–H and O–H groups in total. The second-order valence-electron chi connectivity index (χ2n) is 4.08. The minimum atomic E-state index is -0.441. The first-order chi connectivity index (χ1) is 8.61. The molecule has 0 saturated carbocycles. The first-order valence-electron chi connectivity index (χ1n) is 6.29. The van der Waals surface area contributed by atoms with E-state index in [1.165, 1.54) is 10.8 Å². The Morgan fingerprint density at radius 1 is 1.28 bits per heavy atom. The highest BCUT2D eigenvalue weighted by atomic mass is 16.5. The first-order valence-corrected chi connectivity index (χ1v) is 6.29. The van der Waals surface area contributed by atoms with Crippen LogP contribution in [0.4, 0.5) is 5.69 Å². The van der Waals surface area contributed by atoms with Crippen LogP contribution in [-0.2, 0) is 17.8 Å². The van der Waals surface area contributed by atoms with E-state index >= 15 is 0 Å². The van der Waals surface area contributed by atoms with Crippen molar-refractivity contribution < 1.29 is 4.74 Å². The van der Waals surface area contributed by atoms with Gasteiger partial charge in [0, 0.05) is 19.3 Å².